The number of methoxy groups -OCH3 is 1. The number of nitrogens with one attached hydrogen (secondary N) is 3. The van der Waals surface area contributed by atoms with E-state index in [4.69, 9.17) is 4.74 Å². The van der Waals surface area contributed by atoms with Gasteiger partial charge in [-0.25, -0.2) is 0 Å². The number of hydrogen-bond donors (Lipinski definition) is 3. The van der Waals surface area contributed by atoms with Gasteiger partial charge in [-0.2, -0.15) is 0 Å². The topological polar surface area (TPSA) is 79.5 Å². The number of benzene rings is 2. The van der Waals surface area contributed by atoms with Crippen molar-refractivity contribution in [3.8, 4) is 5.75 Å². The molecule has 3 N–H and O–H groups in total. The summed E-state index contributed by atoms with van der Waals surface area (Å²) in [6.07, 6.45) is 0.625. The fourth-order valence-electron chi connectivity index (χ4n) is 3.47. The molecule has 1 aliphatic rings. The fraction of sp³-hybridized carbons (Fsp3) is 0.391. The maximum Gasteiger partial charge on any atom is 0.243 e. The molecule has 0 aliphatic carbocycles. The molecule has 0 saturated carbocycles. The lowest BCUT2D eigenvalue weighted by Gasteiger charge is -2.28. The van der Waals surface area contributed by atoms with Gasteiger partial charge in [0, 0.05) is 13.1 Å². The molecule has 1 heterocycles. The van der Waals surface area contributed by atoms with Gasteiger partial charge in [0.05, 0.1) is 13.2 Å². The third kappa shape index (κ3) is 5.35. The largest absolute Gasteiger partial charge is 0.497 e. The highest BCUT2D eigenvalue weighted by Crippen LogP contribution is 2.17. The zero-order chi connectivity index (χ0) is 20.8. The second-order valence-electron chi connectivity index (χ2n) is 7.70. The number of carbonyl (C=O) groups excluding carboxylic acids is 2. The zero-order valence-corrected chi connectivity index (χ0v) is 17.2. The first kappa shape index (κ1) is 20.9. The van der Waals surface area contributed by atoms with Crippen molar-refractivity contribution in [3.05, 3.63) is 65.2 Å². The minimum atomic E-state index is -0.584. The molecule has 0 aromatic heterocycles. The Morgan fingerprint density at radius 3 is 2.45 bits per heavy atom. The van der Waals surface area contributed by atoms with Crippen LogP contribution in [0.2, 0.25) is 0 Å². The highest BCUT2D eigenvalue weighted by molar-refractivity contribution is 5.90. The molecule has 0 radical (unpaired) electrons. The van der Waals surface area contributed by atoms with Gasteiger partial charge in [0.15, 0.2) is 0 Å². The standard InChI is InChI=1S/C23H29N3O3/c1-15(2)21(23(28)25-13-16-8-10-19(29-3)11-9-16)26-22(27)20-12-17-6-4-5-7-18(17)14-24-20/h4-11,15,20-21,24H,12-14H2,1-3H3,(H,25,28)(H,26,27)/t20-,21-/m0/s1. The number of fused-ring (bicyclic) bond motifs is 1. The molecule has 0 unspecified atom stereocenters. The lowest BCUT2D eigenvalue weighted by molar-refractivity contribution is -0.131. The Morgan fingerprint density at radius 2 is 1.79 bits per heavy atom. The number of rotatable bonds is 7. The van der Waals surface area contributed by atoms with Crippen LogP contribution in [-0.2, 0) is 29.1 Å². The number of ether oxygens (including phenoxy) is 1. The average molecular weight is 396 g/mol. The summed E-state index contributed by atoms with van der Waals surface area (Å²) in [5.41, 5.74) is 3.36. The maximum atomic E-state index is 12.8. The number of hydrogen-bond acceptors (Lipinski definition) is 4. The predicted molar refractivity (Wildman–Crippen MR) is 112 cm³/mol. The van der Waals surface area contributed by atoms with Crippen LogP contribution >= 0.6 is 0 Å². The predicted octanol–water partition coefficient (Wildman–Crippen LogP) is 2.17. The van der Waals surface area contributed by atoms with E-state index in [1.165, 1.54) is 11.1 Å². The van der Waals surface area contributed by atoms with Crippen molar-refractivity contribution in [2.45, 2.75) is 45.4 Å². The van der Waals surface area contributed by atoms with E-state index in [1.54, 1.807) is 7.11 Å². The third-order valence-electron chi connectivity index (χ3n) is 5.27. The fourth-order valence-corrected chi connectivity index (χ4v) is 3.47. The van der Waals surface area contributed by atoms with Gasteiger partial charge in [0.1, 0.15) is 11.8 Å². The molecular formula is C23H29N3O3. The maximum absolute atomic E-state index is 12.8. The summed E-state index contributed by atoms with van der Waals surface area (Å²) in [6, 6.07) is 14.7. The Labute approximate surface area is 172 Å². The van der Waals surface area contributed by atoms with E-state index >= 15 is 0 Å². The molecule has 2 aromatic carbocycles. The number of amides is 2. The van der Waals surface area contributed by atoms with Gasteiger partial charge in [0.25, 0.3) is 0 Å². The lowest BCUT2D eigenvalue weighted by atomic mass is 9.94. The van der Waals surface area contributed by atoms with Crippen molar-refractivity contribution in [1.29, 1.82) is 0 Å². The molecule has 2 aromatic rings. The Kier molecular flexibility index (Phi) is 6.88. The van der Waals surface area contributed by atoms with Crippen molar-refractivity contribution in [1.82, 2.24) is 16.0 Å². The first-order chi connectivity index (χ1) is 14.0. The molecule has 2 amide bonds. The molecule has 0 bridgehead atoms. The first-order valence-corrected chi connectivity index (χ1v) is 9.99. The van der Waals surface area contributed by atoms with Gasteiger partial charge >= 0.3 is 0 Å². The second-order valence-corrected chi connectivity index (χ2v) is 7.70. The van der Waals surface area contributed by atoms with E-state index in [0.29, 0.717) is 19.5 Å². The average Bonchev–Trinajstić information content (AvgIpc) is 2.75. The summed E-state index contributed by atoms with van der Waals surface area (Å²) in [5.74, 6) is 0.429. The first-order valence-electron chi connectivity index (χ1n) is 9.99. The second kappa shape index (κ2) is 9.56. The van der Waals surface area contributed by atoms with Gasteiger partial charge in [-0.3, -0.25) is 9.59 Å². The number of carbonyl (C=O) groups is 2. The smallest absolute Gasteiger partial charge is 0.243 e. The summed E-state index contributed by atoms with van der Waals surface area (Å²) >= 11 is 0. The van der Waals surface area contributed by atoms with Gasteiger partial charge in [-0.1, -0.05) is 50.2 Å². The van der Waals surface area contributed by atoms with Crippen LogP contribution in [0.15, 0.2) is 48.5 Å². The van der Waals surface area contributed by atoms with Crippen LogP contribution in [0.25, 0.3) is 0 Å². The zero-order valence-electron chi connectivity index (χ0n) is 17.2. The van der Waals surface area contributed by atoms with Crippen molar-refractivity contribution in [2.24, 2.45) is 5.92 Å². The van der Waals surface area contributed by atoms with Gasteiger partial charge in [-0.05, 0) is 41.2 Å². The monoisotopic (exact) mass is 395 g/mol. The van der Waals surface area contributed by atoms with Crippen LogP contribution < -0.4 is 20.7 Å². The van der Waals surface area contributed by atoms with E-state index in [1.807, 2.05) is 50.2 Å². The van der Waals surface area contributed by atoms with Crippen LogP contribution in [0.3, 0.4) is 0 Å². The van der Waals surface area contributed by atoms with E-state index in [-0.39, 0.29) is 23.8 Å². The summed E-state index contributed by atoms with van der Waals surface area (Å²) in [6.45, 7) is 4.92. The summed E-state index contributed by atoms with van der Waals surface area (Å²) in [5, 5.41) is 9.14. The Balaban J connectivity index is 1.57. The van der Waals surface area contributed by atoms with Crippen molar-refractivity contribution < 1.29 is 14.3 Å². The molecule has 0 spiro atoms. The summed E-state index contributed by atoms with van der Waals surface area (Å²) in [7, 11) is 1.62. The minimum absolute atomic E-state index is 0.0225. The molecule has 3 rings (SSSR count). The Hall–Kier alpha value is -2.86. The van der Waals surface area contributed by atoms with Crippen molar-refractivity contribution in [2.75, 3.05) is 7.11 Å². The van der Waals surface area contributed by atoms with Crippen LogP contribution in [-0.4, -0.2) is 31.0 Å². The molecule has 1 aliphatic heterocycles. The molecule has 2 atom stereocenters. The van der Waals surface area contributed by atoms with Crippen molar-refractivity contribution >= 4 is 11.8 Å². The minimum Gasteiger partial charge on any atom is -0.497 e. The normalized spacial score (nSPS) is 16.6. The van der Waals surface area contributed by atoms with E-state index in [2.05, 4.69) is 28.1 Å². The Bertz CT molecular complexity index is 849. The molecule has 0 fully saturated rings. The molecule has 0 saturated heterocycles. The van der Waals surface area contributed by atoms with Gasteiger partial charge in [0.2, 0.25) is 11.8 Å². The van der Waals surface area contributed by atoms with E-state index < -0.39 is 6.04 Å². The third-order valence-corrected chi connectivity index (χ3v) is 5.27. The molecular weight excluding hydrogens is 366 g/mol. The highest BCUT2D eigenvalue weighted by Gasteiger charge is 2.29. The van der Waals surface area contributed by atoms with Gasteiger partial charge < -0.3 is 20.7 Å². The summed E-state index contributed by atoms with van der Waals surface area (Å²) < 4.78 is 5.15. The molecule has 6 heteroatoms. The van der Waals surface area contributed by atoms with Crippen LogP contribution in [0.5, 0.6) is 5.75 Å². The SMILES string of the molecule is COc1ccc(CNC(=O)[C@@H](NC(=O)[C@@H]2Cc3ccccc3CN2)C(C)C)cc1. The van der Waals surface area contributed by atoms with Gasteiger partial charge in [-0.15, -0.1) is 0 Å². The van der Waals surface area contributed by atoms with Crippen LogP contribution in [0.4, 0.5) is 0 Å². The van der Waals surface area contributed by atoms with E-state index in [0.717, 1.165) is 11.3 Å². The molecule has 154 valence electrons. The Morgan fingerprint density at radius 1 is 1.10 bits per heavy atom. The molecule has 6 nitrogen and oxygen atoms in total. The van der Waals surface area contributed by atoms with Crippen LogP contribution in [0.1, 0.15) is 30.5 Å². The van der Waals surface area contributed by atoms with Crippen LogP contribution in [0, 0.1) is 5.92 Å². The summed E-state index contributed by atoms with van der Waals surface area (Å²) in [4.78, 5) is 25.5. The lowest BCUT2D eigenvalue weighted by Crippen LogP contribution is -2.55. The molecule has 29 heavy (non-hydrogen) atoms. The van der Waals surface area contributed by atoms with Crippen molar-refractivity contribution in [3.63, 3.8) is 0 Å². The highest BCUT2D eigenvalue weighted by atomic mass is 16.5. The van der Waals surface area contributed by atoms with E-state index in [9.17, 15) is 9.59 Å². The quantitative estimate of drug-likeness (QED) is 0.671.